The quantitative estimate of drug-likeness (QED) is 0.438. The van der Waals surface area contributed by atoms with Crippen molar-refractivity contribution >= 4 is 42.0 Å². The Morgan fingerprint density at radius 1 is 1.40 bits per heavy atom. The molecule has 0 unspecified atom stereocenters. The van der Waals surface area contributed by atoms with Crippen LogP contribution in [0.4, 0.5) is 0 Å². The lowest BCUT2D eigenvalue weighted by Crippen LogP contribution is -2.68. The van der Waals surface area contributed by atoms with Crippen molar-refractivity contribution in [3.63, 3.8) is 0 Å². The summed E-state index contributed by atoms with van der Waals surface area (Å²) >= 11 is 1.48. The SMILES string of the molecule is CC(=O)OCOC(=O)[C@@H]1N2C(=O)[C@@H](N)[C@H]2SC1(C)C.Cl. The Bertz CT molecular complexity index is 445. The van der Waals surface area contributed by atoms with Crippen LogP contribution in [0.2, 0.25) is 0 Å². The van der Waals surface area contributed by atoms with Crippen molar-refractivity contribution in [3.05, 3.63) is 0 Å². The fourth-order valence-corrected chi connectivity index (χ4v) is 3.84. The van der Waals surface area contributed by atoms with E-state index in [-0.39, 0.29) is 23.7 Å². The van der Waals surface area contributed by atoms with Crippen molar-refractivity contribution in [1.82, 2.24) is 4.90 Å². The minimum absolute atomic E-state index is 0. The number of amides is 1. The largest absolute Gasteiger partial charge is 0.428 e. The van der Waals surface area contributed by atoms with Crippen molar-refractivity contribution in [3.8, 4) is 0 Å². The molecule has 7 nitrogen and oxygen atoms in total. The zero-order valence-corrected chi connectivity index (χ0v) is 13.0. The van der Waals surface area contributed by atoms with Crippen LogP contribution in [0.5, 0.6) is 0 Å². The summed E-state index contributed by atoms with van der Waals surface area (Å²) in [4.78, 5) is 35.8. The van der Waals surface area contributed by atoms with Crippen LogP contribution in [-0.4, -0.2) is 51.7 Å². The van der Waals surface area contributed by atoms with E-state index in [0.717, 1.165) is 0 Å². The van der Waals surface area contributed by atoms with Crippen LogP contribution in [-0.2, 0) is 23.9 Å². The van der Waals surface area contributed by atoms with Gasteiger partial charge in [-0.05, 0) is 13.8 Å². The molecular formula is C11H17ClN2O5S. The monoisotopic (exact) mass is 324 g/mol. The lowest BCUT2D eigenvalue weighted by atomic mass is 9.96. The highest BCUT2D eigenvalue weighted by Crippen LogP contribution is 2.50. The van der Waals surface area contributed by atoms with Gasteiger partial charge in [0.2, 0.25) is 12.7 Å². The molecule has 114 valence electrons. The highest BCUT2D eigenvalue weighted by molar-refractivity contribution is 8.01. The van der Waals surface area contributed by atoms with Crippen LogP contribution in [0.1, 0.15) is 20.8 Å². The molecule has 0 saturated carbocycles. The highest BCUT2D eigenvalue weighted by atomic mass is 35.5. The van der Waals surface area contributed by atoms with Crippen molar-refractivity contribution in [2.45, 2.75) is 43.0 Å². The molecule has 2 rings (SSSR count). The minimum atomic E-state index is -0.703. The minimum Gasteiger partial charge on any atom is -0.428 e. The van der Waals surface area contributed by atoms with E-state index >= 15 is 0 Å². The third-order valence-corrected chi connectivity index (χ3v) is 4.76. The molecule has 0 aromatic heterocycles. The first-order valence-electron chi connectivity index (χ1n) is 5.81. The molecule has 0 aliphatic carbocycles. The highest BCUT2D eigenvalue weighted by Gasteiger charge is 2.63. The number of β-lactam (4-membered cyclic amide) rings is 1. The van der Waals surface area contributed by atoms with Gasteiger partial charge in [-0.3, -0.25) is 9.59 Å². The number of ether oxygens (including phenoxy) is 2. The number of fused-ring (bicyclic) bond motifs is 1. The second-order valence-electron chi connectivity index (χ2n) is 5.00. The van der Waals surface area contributed by atoms with E-state index in [4.69, 9.17) is 10.5 Å². The molecule has 0 radical (unpaired) electrons. The van der Waals surface area contributed by atoms with E-state index in [1.54, 1.807) is 0 Å². The fraction of sp³-hybridized carbons (Fsp3) is 0.727. The van der Waals surface area contributed by atoms with E-state index < -0.39 is 35.6 Å². The smallest absolute Gasteiger partial charge is 0.333 e. The summed E-state index contributed by atoms with van der Waals surface area (Å²) in [5.74, 6) is -1.37. The van der Waals surface area contributed by atoms with Crippen LogP contribution >= 0.6 is 24.2 Å². The van der Waals surface area contributed by atoms with Crippen molar-refractivity contribution in [1.29, 1.82) is 0 Å². The Labute approximate surface area is 126 Å². The average molecular weight is 325 g/mol. The Kier molecular flexibility index (Phi) is 4.94. The van der Waals surface area contributed by atoms with Gasteiger partial charge in [-0.1, -0.05) is 0 Å². The van der Waals surface area contributed by atoms with Crippen molar-refractivity contribution in [2.75, 3.05) is 6.79 Å². The summed E-state index contributed by atoms with van der Waals surface area (Å²) in [6.45, 7) is 4.49. The van der Waals surface area contributed by atoms with Gasteiger partial charge in [0, 0.05) is 11.7 Å². The number of rotatable bonds is 3. The van der Waals surface area contributed by atoms with Gasteiger partial charge in [-0.25, -0.2) is 4.79 Å². The van der Waals surface area contributed by atoms with E-state index in [1.807, 2.05) is 13.8 Å². The van der Waals surface area contributed by atoms with Gasteiger partial charge in [0.25, 0.3) is 0 Å². The second kappa shape index (κ2) is 5.79. The van der Waals surface area contributed by atoms with Crippen LogP contribution in [0, 0.1) is 0 Å². The molecule has 2 saturated heterocycles. The van der Waals surface area contributed by atoms with Gasteiger partial charge < -0.3 is 20.1 Å². The zero-order chi connectivity index (χ0) is 14.4. The van der Waals surface area contributed by atoms with Crippen LogP contribution in [0.15, 0.2) is 0 Å². The van der Waals surface area contributed by atoms with E-state index in [0.29, 0.717) is 0 Å². The number of nitrogens with two attached hydrogens (primary N) is 1. The molecule has 0 aromatic rings. The molecule has 0 bridgehead atoms. The molecule has 0 spiro atoms. The van der Waals surface area contributed by atoms with Crippen LogP contribution in [0.3, 0.4) is 0 Å². The number of hydrogen-bond acceptors (Lipinski definition) is 7. The molecule has 2 fully saturated rings. The standard InChI is InChI=1S/C11H16N2O5S.ClH/c1-5(14)17-4-18-10(16)7-11(2,3)19-9-6(12)8(15)13(7)9;/h6-7,9H,4,12H2,1-3H3;1H/t6-,7+,9-;/m1./s1. The summed E-state index contributed by atoms with van der Waals surface area (Å²) in [6.07, 6.45) is 0. The molecule has 2 heterocycles. The molecule has 2 aliphatic heterocycles. The van der Waals surface area contributed by atoms with Gasteiger partial charge in [-0.2, -0.15) is 0 Å². The molecule has 1 amide bonds. The Morgan fingerprint density at radius 2 is 2.00 bits per heavy atom. The van der Waals surface area contributed by atoms with Gasteiger partial charge in [0.15, 0.2) is 0 Å². The topological polar surface area (TPSA) is 98.9 Å². The molecule has 20 heavy (non-hydrogen) atoms. The van der Waals surface area contributed by atoms with Gasteiger partial charge >= 0.3 is 11.9 Å². The normalized spacial score (nSPS) is 29.9. The lowest BCUT2D eigenvalue weighted by Gasteiger charge is -2.41. The maximum Gasteiger partial charge on any atom is 0.333 e. The molecule has 9 heteroatoms. The van der Waals surface area contributed by atoms with Gasteiger partial charge in [0.05, 0.1) is 0 Å². The van der Waals surface area contributed by atoms with Crippen molar-refractivity contribution < 1.29 is 23.9 Å². The third-order valence-electron chi connectivity index (χ3n) is 3.17. The Morgan fingerprint density at radius 3 is 2.55 bits per heavy atom. The third kappa shape index (κ3) is 2.72. The second-order valence-corrected chi connectivity index (χ2v) is 6.77. The van der Waals surface area contributed by atoms with E-state index in [2.05, 4.69) is 4.74 Å². The summed E-state index contributed by atoms with van der Waals surface area (Å²) in [5, 5.41) is -0.186. The number of hydrogen-bond donors (Lipinski definition) is 1. The van der Waals surface area contributed by atoms with Crippen LogP contribution < -0.4 is 5.73 Å². The molecular weight excluding hydrogens is 308 g/mol. The lowest BCUT2D eigenvalue weighted by molar-refractivity contribution is -0.175. The number of halogens is 1. The summed E-state index contributed by atoms with van der Waals surface area (Å²) in [5.41, 5.74) is 5.70. The summed E-state index contributed by atoms with van der Waals surface area (Å²) in [7, 11) is 0. The predicted molar refractivity (Wildman–Crippen MR) is 74.0 cm³/mol. The van der Waals surface area contributed by atoms with E-state index in [1.165, 1.54) is 23.6 Å². The average Bonchev–Trinajstić information content (AvgIpc) is 2.57. The first kappa shape index (κ1) is 17.1. The maximum atomic E-state index is 12.0. The van der Waals surface area contributed by atoms with E-state index in [9.17, 15) is 14.4 Å². The van der Waals surface area contributed by atoms with Crippen LogP contribution in [0.25, 0.3) is 0 Å². The number of esters is 2. The molecule has 0 aromatic carbocycles. The fourth-order valence-electron chi connectivity index (χ4n) is 2.27. The maximum absolute atomic E-state index is 12.0. The molecule has 2 N–H and O–H groups in total. The molecule has 3 atom stereocenters. The first-order valence-corrected chi connectivity index (χ1v) is 6.69. The number of carbonyl (C=O) groups is 3. The predicted octanol–water partition coefficient (Wildman–Crippen LogP) is -0.138. The number of carbonyl (C=O) groups excluding carboxylic acids is 3. The van der Waals surface area contributed by atoms with Gasteiger partial charge in [-0.15, -0.1) is 24.2 Å². The summed E-state index contributed by atoms with van der Waals surface area (Å²) in [6, 6.07) is -1.26. The number of thioether (sulfide) groups is 1. The summed E-state index contributed by atoms with van der Waals surface area (Å²) < 4.78 is 8.95. The Hall–Kier alpha value is -0.990. The Balaban J connectivity index is 0.00000200. The van der Waals surface area contributed by atoms with Crippen molar-refractivity contribution in [2.24, 2.45) is 5.73 Å². The first-order chi connectivity index (χ1) is 8.75. The zero-order valence-electron chi connectivity index (χ0n) is 11.3. The molecule has 2 aliphatic rings. The van der Waals surface area contributed by atoms with Gasteiger partial charge in [0.1, 0.15) is 17.5 Å². The number of nitrogens with zero attached hydrogens (tertiary/aromatic N) is 1.